The molecule has 0 bridgehead atoms. The van der Waals surface area contributed by atoms with Crippen LogP contribution in [-0.2, 0) is 6.54 Å². The van der Waals surface area contributed by atoms with E-state index in [9.17, 15) is 9.18 Å². The second-order valence-electron chi connectivity index (χ2n) is 6.09. The minimum atomic E-state index is -0.457. The third kappa shape index (κ3) is 3.70. The van der Waals surface area contributed by atoms with Crippen LogP contribution in [0.15, 0.2) is 67.0 Å². The van der Waals surface area contributed by atoms with E-state index in [1.54, 1.807) is 30.5 Å². The SMILES string of the molecule is COc1ccc2sc(N(Cc3cccnc3)C(=O)c3cccc(F)c3)nc2c1. The summed E-state index contributed by atoms with van der Waals surface area (Å²) in [4.78, 5) is 23.5. The molecular weight excluding hydrogens is 377 g/mol. The minimum Gasteiger partial charge on any atom is -0.497 e. The van der Waals surface area contributed by atoms with E-state index in [4.69, 9.17) is 4.74 Å². The molecule has 0 saturated heterocycles. The third-order valence-electron chi connectivity index (χ3n) is 4.19. The Balaban J connectivity index is 1.77. The lowest BCUT2D eigenvalue weighted by Crippen LogP contribution is -2.30. The van der Waals surface area contributed by atoms with Crippen LogP contribution < -0.4 is 9.64 Å². The van der Waals surface area contributed by atoms with Gasteiger partial charge in [-0.05, 0) is 42.0 Å². The number of amides is 1. The fraction of sp³-hybridized carbons (Fsp3) is 0.0952. The fourth-order valence-electron chi connectivity index (χ4n) is 2.82. The number of carbonyl (C=O) groups is 1. The summed E-state index contributed by atoms with van der Waals surface area (Å²) < 4.78 is 19.8. The Bertz CT molecular complexity index is 1130. The van der Waals surface area contributed by atoms with Gasteiger partial charge in [0.25, 0.3) is 5.91 Å². The molecule has 1 amide bonds. The smallest absolute Gasteiger partial charge is 0.260 e. The van der Waals surface area contributed by atoms with E-state index in [-0.39, 0.29) is 18.0 Å². The molecule has 0 spiro atoms. The highest BCUT2D eigenvalue weighted by Crippen LogP contribution is 2.32. The standard InChI is InChI=1S/C21H16FN3O2S/c1-27-17-7-8-19-18(11-17)24-21(28-19)25(13-14-4-3-9-23-12-14)20(26)15-5-2-6-16(22)10-15/h2-12H,13H2,1H3. The lowest BCUT2D eigenvalue weighted by atomic mass is 10.2. The summed E-state index contributed by atoms with van der Waals surface area (Å²) >= 11 is 1.40. The number of hydrogen-bond acceptors (Lipinski definition) is 5. The Morgan fingerprint density at radius 2 is 2.07 bits per heavy atom. The van der Waals surface area contributed by atoms with Crippen molar-refractivity contribution < 1.29 is 13.9 Å². The average molecular weight is 393 g/mol. The first-order valence-corrected chi connectivity index (χ1v) is 9.36. The van der Waals surface area contributed by atoms with E-state index in [1.807, 2.05) is 30.3 Å². The van der Waals surface area contributed by atoms with Crippen LogP contribution in [0.2, 0.25) is 0 Å². The van der Waals surface area contributed by atoms with Gasteiger partial charge in [-0.2, -0.15) is 0 Å². The zero-order valence-corrected chi connectivity index (χ0v) is 15.8. The van der Waals surface area contributed by atoms with Crippen LogP contribution in [0.5, 0.6) is 5.75 Å². The Hall–Kier alpha value is -3.32. The van der Waals surface area contributed by atoms with Gasteiger partial charge in [0.2, 0.25) is 0 Å². The predicted molar refractivity (Wildman–Crippen MR) is 107 cm³/mol. The first kappa shape index (κ1) is 18.1. The quantitative estimate of drug-likeness (QED) is 0.494. The number of methoxy groups -OCH3 is 1. The number of benzene rings is 2. The first-order valence-electron chi connectivity index (χ1n) is 8.55. The van der Waals surface area contributed by atoms with Crippen molar-refractivity contribution in [1.82, 2.24) is 9.97 Å². The summed E-state index contributed by atoms with van der Waals surface area (Å²) in [6.07, 6.45) is 3.37. The van der Waals surface area contributed by atoms with E-state index < -0.39 is 5.82 Å². The molecule has 28 heavy (non-hydrogen) atoms. The largest absolute Gasteiger partial charge is 0.497 e. The molecule has 0 N–H and O–H groups in total. The molecule has 2 heterocycles. The number of carbonyl (C=O) groups excluding carboxylic acids is 1. The average Bonchev–Trinajstić information content (AvgIpc) is 3.15. The van der Waals surface area contributed by atoms with Crippen LogP contribution in [0.4, 0.5) is 9.52 Å². The number of anilines is 1. The number of hydrogen-bond donors (Lipinski definition) is 0. The van der Waals surface area contributed by atoms with Gasteiger partial charge in [-0.15, -0.1) is 0 Å². The maximum absolute atomic E-state index is 13.7. The molecule has 140 valence electrons. The summed E-state index contributed by atoms with van der Waals surface area (Å²) in [6.45, 7) is 0.278. The highest BCUT2D eigenvalue weighted by molar-refractivity contribution is 7.22. The highest BCUT2D eigenvalue weighted by atomic mass is 32.1. The molecule has 0 unspecified atom stereocenters. The molecule has 5 nitrogen and oxygen atoms in total. The number of fused-ring (bicyclic) bond motifs is 1. The lowest BCUT2D eigenvalue weighted by Gasteiger charge is -2.20. The topological polar surface area (TPSA) is 55.3 Å². The number of nitrogens with zero attached hydrogens (tertiary/aromatic N) is 3. The van der Waals surface area contributed by atoms with Crippen molar-refractivity contribution in [2.24, 2.45) is 0 Å². The van der Waals surface area contributed by atoms with Gasteiger partial charge < -0.3 is 4.74 Å². The summed E-state index contributed by atoms with van der Waals surface area (Å²) in [5.74, 6) is -0.0878. The summed E-state index contributed by atoms with van der Waals surface area (Å²) in [5.41, 5.74) is 1.85. The number of thiazole rings is 1. The zero-order chi connectivity index (χ0) is 19.5. The number of halogens is 1. The number of rotatable bonds is 5. The molecule has 0 aliphatic heterocycles. The minimum absolute atomic E-state index is 0.265. The second-order valence-corrected chi connectivity index (χ2v) is 7.10. The van der Waals surface area contributed by atoms with Gasteiger partial charge in [0, 0.05) is 24.0 Å². The van der Waals surface area contributed by atoms with Crippen LogP contribution in [0.1, 0.15) is 15.9 Å². The van der Waals surface area contributed by atoms with Crippen LogP contribution in [-0.4, -0.2) is 23.0 Å². The van der Waals surface area contributed by atoms with Gasteiger partial charge in [0.05, 0.1) is 23.9 Å². The van der Waals surface area contributed by atoms with Crippen molar-refractivity contribution in [1.29, 1.82) is 0 Å². The van der Waals surface area contributed by atoms with E-state index in [1.165, 1.54) is 29.5 Å². The molecule has 0 atom stereocenters. The van der Waals surface area contributed by atoms with Crippen molar-refractivity contribution in [3.63, 3.8) is 0 Å². The van der Waals surface area contributed by atoms with Gasteiger partial charge in [-0.1, -0.05) is 23.5 Å². The Labute approximate surface area is 165 Å². The predicted octanol–water partition coefficient (Wildman–Crippen LogP) is 4.69. The summed E-state index contributed by atoms with van der Waals surface area (Å²) in [6, 6.07) is 14.9. The number of pyridine rings is 1. The molecule has 2 aromatic heterocycles. The van der Waals surface area contributed by atoms with Gasteiger partial charge in [-0.3, -0.25) is 14.7 Å². The second kappa shape index (κ2) is 7.74. The van der Waals surface area contributed by atoms with E-state index in [0.29, 0.717) is 10.9 Å². The summed E-state index contributed by atoms with van der Waals surface area (Å²) in [7, 11) is 1.59. The van der Waals surface area contributed by atoms with Gasteiger partial charge in [-0.25, -0.2) is 9.37 Å². The van der Waals surface area contributed by atoms with E-state index >= 15 is 0 Å². The lowest BCUT2D eigenvalue weighted by molar-refractivity contribution is 0.0984. The van der Waals surface area contributed by atoms with Crippen LogP contribution >= 0.6 is 11.3 Å². The van der Waals surface area contributed by atoms with Gasteiger partial charge in [0.15, 0.2) is 5.13 Å². The Kier molecular flexibility index (Phi) is 4.99. The van der Waals surface area contributed by atoms with Gasteiger partial charge in [0.1, 0.15) is 11.6 Å². The molecule has 0 aliphatic carbocycles. The third-order valence-corrected chi connectivity index (χ3v) is 5.25. The molecule has 0 radical (unpaired) electrons. The monoisotopic (exact) mass is 393 g/mol. The van der Waals surface area contributed by atoms with Crippen LogP contribution in [0, 0.1) is 5.82 Å². The molecule has 0 aliphatic rings. The fourth-order valence-corrected chi connectivity index (χ4v) is 3.76. The molecule has 2 aromatic carbocycles. The highest BCUT2D eigenvalue weighted by Gasteiger charge is 2.22. The molecule has 4 aromatic rings. The van der Waals surface area contributed by atoms with E-state index in [2.05, 4.69) is 9.97 Å². The zero-order valence-electron chi connectivity index (χ0n) is 15.0. The maximum atomic E-state index is 13.7. The molecular formula is C21H16FN3O2S. The Morgan fingerprint density at radius 1 is 1.18 bits per heavy atom. The van der Waals surface area contributed by atoms with Gasteiger partial charge >= 0.3 is 0 Å². The van der Waals surface area contributed by atoms with Crippen LogP contribution in [0.3, 0.4) is 0 Å². The summed E-state index contributed by atoms with van der Waals surface area (Å²) in [5, 5.41) is 0.529. The van der Waals surface area contributed by atoms with Crippen molar-refractivity contribution >= 4 is 32.6 Å². The molecule has 0 saturated carbocycles. The molecule has 4 rings (SSSR count). The Morgan fingerprint density at radius 3 is 2.82 bits per heavy atom. The number of aromatic nitrogens is 2. The van der Waals surface area contributed by atoms with Crippen molar-refractivity contribution in [3.8, 4) is 5.75 Å². The maximum Gasteiger partial charge on any atom is 0.260 e. The number of ether oxygens (including phenoxy) is 1. The molecule has 0 fully saturated rings. The van der Waals surface area contributed by atoms with Crippen molar-refractivity contribution in [2.45, 2.75) is 6.54 Å². The van der Waals surface area contributed by atoms with Crippen molar-refractivity contribution in [3.05, 3.63) is 83.9 Å². The normalized spacial score (nSPS) is 10.8. The molecule has 7 heteroatoms. The van der Waals surface area contributed by atoms with Crippen LogP contribution in [0.25, 0.3) is 10.2 Å². The first-order chi connectivity index (χ1) is 13.6. The van der Waals surface area contributed by atoms with E-state index in [0.717, 1.165) is 15.8 Å². The van der Waals surface area contributed by atoms with Crippen molar-refractivity contribution in [2.75, 3.05) is 12.0 Å².